The third-order valence-electron chi connectivity index (χ3n) is 4.93. The molecule has 146 valence electrons. The van der Waals surface area contributed by atoms with Crippen LogP contribution < -0.4 is 15.0 Å². The second-order valence-electron chi connectivity index (χ2n) is 7.07. The average molecular weight is 362 g/mol. The van der Waals surface area contributed by atoms with Crippen LogP contribution in [-0.4, -0.2) is 49.8 Å². The van der Waals surface area contributed by atoms with Gasteiger partial charge in [0.05, 0.1) is 12.3 Å². The summed E-state index contributed by atoms with van der Waals surface area (Å²) in [5.41, 5.74) is 1.12. The molecule has 0 radical (unpaired) electrons. The lowest BCUT2D eigenvalue weighted by molar-refractivity contribution is 0.190. The maximum Gasteiger partial charge on any atom is 0.317 e. The van der Waals surface area contributed by atoms with Gasteiger partial charge in [-0.15, -0.1) is 0 Å². The Morgan fingerprint density at radius 2 is 1.85 bits per heavy atom. The van der Waals surface area contributed by atoms with Gasteiger partial charge >= 0.3 is 6.03 Å². The molecule has 0 spiro atoms. The third kappa shape index (κ3) is 6.11. The SMILES string of the molecule is CCCCCCC(C)NC(=O)N1CCN(c2ccccc2OCC)CC1. The zero-order valence-electron chi connectivity index (χ0n) is 16.7. The van der Waals surface area contributed by atoms with E-state index in [-0.39, 0.29) is 12.1 Å². The topological polar surface area (TPSA) is 44.8 Å². The molecule has 1 unspecified atom stereocenters. The molecule has 5 heteroatoms. The largest absolute Gasteiger partial charge is 0.492 e. The number of urea groups is 1. The van der Waals surface area contributed by atoms with Crippen molar-refractivity contribution in [2.24, 2.45) is 0 Å². The summed E-state index contributed by atoms with van der Waals surface area (Å²) in [6.45, 7) is 10.2. The van der Waals surface area contributed by atoms with Crippen LogP contribution in [0.15, 0.2) is 24.3 Å². The third-order valence-corrected chi connectivity index (χ3v) is 4.93. The fraction of sp³-hybridized carbons (Fsp3) is 0.667. The van der Waals surface area contributed by atoms with Gasteiger partial charge in [0, 0.05) is 32.2 Å². The highest BCUT2D eigenvalue weighted by Crippen LogP contribution is 2.28. The molecular weight excluding hydrogens is 326 g/mol. The predicted molar refractivity (Wildman–Crippen MR) is 108 cm³/mol. The Hall–Kier alpha value is -1.91. The Balaban J connectivity index is 1.78. The van der Waals surface area contributed by atoms with Crippen LogP contribution in [0.25, 0.3) is 0 Å². The number of hydrogen-bond donors (Lipinski definition) is 1. The average Bonchev–Trinajstić information content (AvgIpc) is 2.66. The molecule has 5 nitrogen and oxygen atoms in total. The van der Waals surface area contributed by atoms with Crippen molar-refractivity contribution in [3.63, 3.8) is 0 Å². The first kappa shape index (κ1) is 20.4. The number of rotatable bonds is 9. The van der Waals surface area contributed by atoms with Crippen LogP contribution in [0.3, 0.4) is 0 Å². The molecule has 0 bridgehead atoms. The van der Waals surface area contributed by atoms with Crippen LogP contribution in [0.2, 0.25) is 0 Å². The molecule has 1 atom stereocenters. The number of anilines is 1. The van der Waals surface area contributed by atoms with Crippen LogP contribution >= 0.6 is 0 Å². The lowest BCUT2D eigenvalue weighted by Crippen LogP contribution is -2.53. The van der Waals surface area contributed by atoms with Gasteiger partial charge in [-0.2, -0.15) is 0 Å². The molecule has 1 N–H and O–H groups in total. The Morgan fingerprint density at radius 3 is 2.54 bits per heavy atom. The quantitative estimate of drug-likeness (QED) is 0.668. The Morgan fingerprint density at radius 1 is 1.12 bits per heavy atom. The van der Waals surface area contributed by atoms with Crippen molar-refractivity contribution < 1.29 is 9.53 Å². The molecule has 0 aromatic heterocycles. The molecule has 0 aliphatic carbocycles. The van der Waals surface area contributed by atoms with E-state index >= 15 is 0 Å². The highest BCUT2D eigenvalue weighted by molar-refractivity contribution is 5.75. The van der Waals surface area contributed by atoms with Gasteiger partial charge in [0.2, 0.25) is 0 Å². The molecule has 26 heavy (non-hydrogen) atoms. The zero-order chi connectivity index (χ0) is 18.8. The maximum absolute atomic E-state index is 12.5. The summed E-state index contributed by atoms with van der Waals surface area (Å²) in [4.78, 5) is 16.7. The molecule has 1 heterocycles. The fourth-order valence-corrected chi connectivity index (χ4v) is 3.40. The van der Waals surface area contributed by atoms with Crippen molar-refractivity contribution >= 4 is 11.7 Å². The monoisotopic (exact) mass is 361 g/mol. The first-order valence-electron chi connectivity index (χ1n) is 10.2. The zero-order valence-corrected chi connectivity index (χ0v) is 16.7. The minimum absolute atomic E-state index is 0.0748. The first-order valence-corrected chi connectivity index (χ1v) is 10.2. The molecule has 2 amide bonds. The van der Waals surface area contributed by atoms with Gasteiger partial charge in [-0.1, -0.05) is 44.7 Å². The summed E-state index contributed by atoms with van der Waals surface area (Å²) in [5, 5.41) is 3.16. The number of amides is 2. The molecule has 1 aliphatic rings. The number of benzene rings is 1. The number of carbonyl (C=O) groups excluding carboxylic acids is 1. The highest BCUT2D eigenvalue weighted by atomic mass is 16.5. The van der Waals surface area contributed by atoms with Crippen molar-refractivity contribution in [1.82, 2.24) is 10.2 Å². The van der Waals surface area contributed by atoms with Gasteiger partial charge in [-0.3, -0.25) is 0 Å². The minimum atomic E-state index is 0.0748. The summed E-state index contributed by atoms with van der Waals surface area (Å²) >= 11 is 0. The number of unbranched alkanes of at least 4 members (excludes halogenated alkanes) is 3. The van der Waals surface area contributed by atoms with Crippen LogP contribution in [0.1, 0.15) is 52.9 Å². The molecule has 1 aliphatic heterocycles. The Bertz CT molecular complexity index is 542. The van der Waals surface area contributed by atoms with Crippen molar-refractivity contribution in [3.8, 4) is 5.75 Å². The minimum Gasteiger partial charge on any atom is -0.492 e. The van der Waals surface area contributed by atoms with Crippen LogP contribution in [0.5, 0.6) is 5.75 Å². The van der Waals surface area contributed by atoms with Gasteiger partial charge < -0.3 is 19.9 Å². The number of hydrogen-bond acceptors (Lipinski definition) is 3. The van der Waals surface area contributed by atoms with E-state index in [0.29, 0.717) is 6.61 Å². The van der Waals surface area contributed by atoms with Gasteiger partial charge in [0.25, 0.3) is 0 Å². The summed E-state index contributed by atoms with van der Waals surface area (Å²) in [7, 11) is 0. The summed E-state index contributed by atoms with van der Waals surface area (Å²) < 4.78 is 5.74. The van der Waals surface area contributed by atoms with Crippen molar-refractivity contribution in [2.45, 2.75) is 58.9 Å². The summed E-state index contributed by atoms with van der Waals surface area (Å²) in [5.74, 6) is 0.925. The van der Waals surface area contributed by atoms with E-state index in [9.17, 15) is 4.79 Å². The first-order chi connectivity index (χ1) is 12.7. The normalized spacial score (nSPS) is 15.7. The Kier molecular flexibility index (Phi) is 8.59. The molecule has 0 saturated carbocycles. The van der Waals surface area contributed by atoms with Crippen LogP contribution in [0, 0.1) is 0 Å². The number of nitrogens with one attached hydrogen (secondary N) is 1. The van der Waals surface area contributed by atoms with Crippen LogP contribution in [0.4, 0.5) is 10.5 Å². The number of piperazine rings is 1. The van der Waals surface area contributed by atoms with Gasteiger partial charge in [-0.25, -0.2) is 4.79 Å². The number of carbonyl (C=O) groups is 1. The van der Waals surface area contributed by atoms with Gasteiger partial charge in [-0.05, 0) is 32.4 Å². The molecule has 1 aromatic rings. The van der Waals surface area contributed by atoms with Crippen molar-refractivity contribution in [2.75, 3.05) is 37.7 Å². The fourth-order valence-electron chi connectivity index (χ4n) is 3.40. The van der Waals surface area contributed by atoms with E-state index in [1.165, 1.54) is 25.7 Å². The van der Waals surface area contributed by atoms with E-state index < -0.39 is 0 Å². The van der Waals surface area contributed by atoms with Crippen LogP contribution in [-0.2, 0) is 0 Å². The van der Waals surface area contributed by atoms with Gasteiger partial charge in [0.15, 0.2) is 0 Å². The number of nitrogens with zero attached hydrogens (tertiary/aromatic N) is 2. The second-order valence-corrected chi connectivity index (χ2v) is 7.07. The molecule has 2 rings (SSSR count). The maximum atomic E-state index is 12.5. The Labute approximate surface area is 158 Å². The number of para-hydroxylation sites is 2. The molecule has 1 aromatic carbocycles. The summed E-state index contributed by atoms with van der Waals surface area (Å²) in [6.07, 6.45) is 6.04. The van der Waals surface area contributed by atoms with E-state index in [4.69, 9.17) is 4.74 Å². The highest BCUT2D eigenvalue weighted by Gasteiger charge is 2.23. The van der Waals surface area contributed by atoms with E-state index in [1.54, 1.807) is 0 Å². The van der Waals surface area contributed by atoms with E-state index in [2.05, 4.69) is 30.1 Å². The summed E-state index contributed by atoms with van der Waals surface area (Å²) in [6, 6.07) is 8.47. The number of ether oxygens (including phenoxy) is 1. The lowest BCUT2D eigenvalue weighted by Gasteiger charge is -2.37. The standard InChI is InChI=1S/C21H35N3O2/c1-4-6-7-8-11-18(3)22-21(25)24-16-14-23(15-17-24)19-12-9-10-13-20(19)26-5-2/h9-10,12-13,18H,4-8,11,14-17H2,1-3H3,(H,22,25). The smallest absolute Gasteiger partial charge is 0.317 e. The second kappa shape index (κ2) is 10.9. The van der Waals surface area contributed by atoms with E-state index in [1.807, 2.05) is 30.0 Å². The molecular formula is C21H35N3O2. The predicted octanol–water partition coefficient (Wildman–Crippen LogP) is 4.28. The van der Waals surface area contributed by atoms with Crippen molar-refractivity contribution in [1.29, 1.82) is 0 Å². The lowest BCUT2D eigenvalue weighted by atomic mass is 10.1. The van der Waals surface area contributed by atoms with E-state index in [0.717, 1.165) is 44.0 Å². The molecule has 1 saturated heterocycles. The van der Waals surface area contributed by atoms with Gasteiger partial charge in [0.1, 0.15) is 5.75 Å². The molecule has 1 fully saturated rings. The van der Waals surface area contributed by atoms with Crippen molar-refractivity contribution in [3.05, 3.63) is 24.3 Å².